The number of aromatic nitrogens is 2. The molecule has 156 valence electrons. The predicted molar refractivity (Wildman–Crippen MR) is 110 cm³/mol. The van der Waals surface area contributed by atoms with Crippen molar-refractivity contribution < 1.29 is 13.2 Å². The Morgan fingerprint density at radius 2 is 1.83 bits per heavy atom. The van der Waals surface area contributed by atoms with Crippen LogP contribution in [0.15, 0.2) is 46.1 Å². The van der Waals surface area contributed by atoms with Crippen molar-refractivity contribution >= 4 is 21.6 Å². The molecule has 1 aromatic heterocycles. The highest BCUT2D eigenvalue weighted by molar-refractivity contribution is 7.89. The van der Waals surface area contributed by atoms with Gasteiger partial charge in [0.25, 0.3) is 5.56 Å². The van der Waals surface area contributed by atoms with Gasteiger partial charge in [0.15, 0.2) is 0 Å². The average Bonchev–Trinajstić information content (AvgIpc) is 3.18. The molecule has 1 fully saturated rings. The second-order valence-corrected chi connectivity index (χ2v) is 10.1. The number of amides is 1. The third-order valence-corrected chi connectivity index (χ3v) is 6.64. The Labute approximate surface area is 170 Å². The number of anilines is 1. The molecule has 29 heavy (non-hydrogen) atoms. The lowest BCUT2D eigenvalue weighted by Crippen LogP contribution is -2.31. The molecule has 0 bridgehead atoms. The summed E-state index contributed by atoms with van der Waals surface area (Å²) >= 11 is 0. The van der Waals surface area contributed by atoms with E-state index in [1.54, 1.807) is 18.2 Å². The predicted octanol–water partition coefficient (Wildman–Crippen LogP) is 1.96. The van der Waals surface area contributed by atoms with E-state index in [4.69, 9.17) is 0 Å². The highest BCUT2D eigenvalue weighted by atomic mass is 32.2. The number of benzene rings is 1. The van der Waals surface area contributed by atoms with Crippen molar-refractivity contribution in [2.45, 2.75) is 50.5 Å². The van der Waals surface area contributed by atoms with Crippen LogP contribution in [0.2, 0.25) is 0 Å². The van der Waals surface area contributed by atoms with Gasteiger partial charge in [0.2, 0.25) is 15.9 Å². The molecule has 1 aliphatic rings. The first-order valence-corrected chi connectivity index (χ1v) is 11.0. The molecular formula is C20H26N4O4S. The maximum atomic E-state index is 12.7. The van der Waals surface area contributed by atoms with E-state index in [2.05, 4.69) is 10.4 Å². The van der Waals surface area contributed by atoms with Gasteiger partial charge in [-0.25, -0.2) is 13.1 Å². The van der Waals surface area contributed by atoms with Crippen LogP contribution >= 0.6 is 0 Å². The van der Waals surface area contributed by atoms with Crippen molar-refractivity contribution in [3.8, 4) is 0 Å². The van der Waals surface area contributed by atoms with E-state index in [1.165, 1.54) is 22.5 Å². The molecule has 2 heterocycles. The summed E-state index contributed by atoms with van der Waals surface area (Å²) in [7, 11) is -3.57. The standard InChI is InChI=1S/C20H26N4O4S/c1-20(2,3)17-9-10-19(26)24(22-17)14-18(25)21-15-7-6-8-16(13-15)29(27,28)23-11-4-5-12-23/h6-10,13H,4-5,11-12,14H2,1-3H3,(H,21,25). The molecule has 1 N–H and O–H groups in total. The maximum Gasteiger partial charge on any atom is 0.267 e. The van der Waals surface area contributed by atoms with Gasteiger partial charge in [-0.1, -0.05) is 26.8 Å². The minimum atomic E-state index is -3.57. The van der Waals surface area contributed by atoms with E-state index >= 15 is 0 Å². The molecule has 0 aliphatic carbocycles. The molecule has 1 amide bonds. The third kappa shape index (κ3) is 4.91. The van der Waals surface area contributed by atoms with Gasteiger partial charge in [0.1, 0.15) is 6.54 Å². The topological polar surface area (TPSA) is 101 Å². The van der Waals surface area contributed by atoms with Crippen molar-refractivity contribution in [1.82, 2.24) is 14.1 Å². The molecule has 0 saturated carbocycles. The summed E-state index contributed by atoms with van der Waals surface area (Å²) in [5.74, 6) is -0.457. The molecule has 1 aliphatic heterocycles. The normalized spacial score (nSPS) is 15.4. The second kappa shape index (κ2) is 8.08. The van der Waals surface area contributed by atoms with Crippen molar-refractivity contribution in [3.05, 3.63) is 52.4 Å². The minimum absolute atomic E-state index is 0.141. The molecule has 0 atom stereocenters. The number of rotatable bonds is 5. The summed E-state index contributed by atoms with van der Waals surface area (Å²) in [5.41, 5.74) is 0.418. The first-order valence-electron chi connectivity index (χ1n) is 9.56. The fraction of sp³-hybridized carbons (Fsp3) is 0.450. The van der Waals surface area contributed by atoms with E-state index in [0.717, 1.165) is 17.5 Å². The van der Waals surface area contributed by atoms with Crippen LogP contribution in [0.5, 0.6) is 0 Å². The van der Waals surface area contributed by atoms with Gasteiger partial charge in [-0.2, -0.15) is 9.40 Å². The number of sulfonamides is 1. The van der Waals surface area contributed by atoms with Crippen molar-refractivity contribution in [3.63, 3.8) is 0 Å². The van der Waals surface area contributed by atoms with Crippen LogP contribution < -0.4 is 10.9 Å². The number of carbonyl (C=O) groups is 1. The van der Waals surface area contributed by atoms with Crippen LogP contribution in [0, 0.1) is 0 Å². The zero-order valence-corrected chi connectivity index (χ0v) is 17.7. The van der Waals surface area contributed by atoms with Crippen molar-refractivity contribution in [2.24, 2.45) is 0 Å². The summed E-state index contributed by atoms with van der Waals surface area (Å²) in [6.07, 6.45) is 1.70. The first kappa shape index (κ1) is 21.2. The van der Waals surface area contributed by atoms with Gasteiger partial charge < -0.3 is 5.32 Å². The monoisotopic (exact) mass is 418 g/mol. The highest BCUT2D eigenvalue weighted by Gasteiger charge is 2.27. The number of nitrogens with one attached hydrogen (secondary N) is 1. The van der Waals surface area contributed by atoms with E-state index in [1.807, 2.05) is 20.8 Å². The van der Waals surface area contributed by atoms with Gasteiger partial charge in [0, 0.05) is 30.3 Å². The SMILES string of the molecule is CC(C)(C)c1ccc(=O)n(CC(=O)Nc2cccc(S(=O)(=O)N3CCCC3)c2)n1. The zero-order valence-electron chi connectivity index (χ0n) is 16.9. The van der Waals surface area contributed by atoms with Crippen molar-refractivity contribution in [1.29, 1.82) is 0 Å². The summed E-state index contributed by atoms with van der Waals surface area (Å²) in [6, 6.07) is 9.20. The minimum Gasteiger partial charge on any atom is -0.324 e. The summed E-state index contributed by atoms with van der Waals surface area (Å²) in [6.45, 7) is 6.67. The first-order chi connectivity index (χ1) is 13.6. The molecule has 1 saturated heterocycles. The Morgan fingerprint density at radius 3 is 2.48 bits per heavy atom. The molecule has 0 unspecified atom stereocenters. The molecular weight excluding hydrogens is 392 g/mol. The summed E-state index contributed by atoms with van der Waals surface area (Å²) in [5, 5.41) is 6.93. The number of hydrogen-bond donors (Lipinski definition) is 1. The smallest absolute Gasteiger partial charge is 0.267 e. The van der Waals surface area contributed by atoms with Crippen LogP contribution in [0.25, 0.3) is 0 Å². The molecule has 3 rings (SSSR count). The van der Waals surface area contributed by atoms with Gasteiger partial charge in [-0.05, 0) is 37.1 Å². The Kier molecular flexibility index (Phi) is 5.90. The number of nitrogens with zero attached hydrogens (tertiary/aromatic N) is 3. The van der Waals surface area contributed by atoms with Crippen molar-refractivity contribution in [2.75, 3.05) is 18.4 Å². The number of carbonyl (C=O) groups excluding carboxylic acids is 1. The second-order valence-electron chi connectivity index (χ2n) is 8.15. The van der Waals surface area contributed by atoms with Gasteiger partial charge in [0.05, 0.1) is 10.6 Å². The average molecular weight is 419 g/mol. The van der Waals surface area contributed by atoms with Crippen LogP contribution in [0.1, 0.15) is 39.3 Å². The van der Waals surface area contributed by atoms with Crippen LogP contribution in [0.4, 0.5) is 5.69 Å². The molecule has 2 aromatic rings. The van der Waals surface area contributed by atoms with Crippen LogP contribution in [-0.4, -0.2) is 41.5 Å². The lowest BCUT2D eigenvalue weighted by Gasteiger charge is -2.18. The van der Waals surface area contributed by atoms with E-state index in [9.17, 15) is 18.0 Å². The molecule has 0 spiro atoms. The maximum absolute atomic E-state index is 12.7. The van der Waals surface area contributed by atoms with Gasteiger partial charge in [-0.15, -0.1) is 0 Å². The Bertz CT molecular complexity index is 1060. The summed E-state index contributed by atoms with van der Waals surface area (Å²) < 4.78 is 28.0. The quantitative estimate of drug-likeness (QED) is 0.800. The Morgan fingerprint density at radius 1 is 1.14 bits per heavy atom. The largest absolute Gasteiger partial charge is 0.324 e. The fourth-order valence-electron chi connectivity index (χ4n) is 3.11. The van der Waals surface area contributed by atoms with Gasteiger partial charge in [-0.3, -0.25) is 9.59 Å². The fourth-order valence-corrected chi connectivity index (χ4v) is 4.67. The van der Waals surface area contributed by atoms with E-state index in [-0.39, 0.29) is 22.4 Å². The zero-order chi connectivity index (χ0) is 21.2. The van der Waals surface area contributed by atoms with Gasteiger partial charge >= 0.3 is 0 Å². The summed E-state index contributed by atoms with van der Waals surface area (Å²) in [4.78, 5) is 24.6. The molecule has 0 radical (unpaired) electrons. The Balaban J connectivity index is 1.76. The third-order valence-electron chi connectivity index (χ3n) is 4.75. The Hall–Kier alpha value is -2.52. The molecule has 8 nitrogen and oxygen atoms in total. The number of hydrogen-bond acceptors (Lipinski definition) is 5. The van der Waals surface area contributed by atoms with Crippen LogP contribution in [-0.2, 0) is 26.8 Å². The molecule has 9 heteroatoms. The van der Waals surface area contributed by atoms with E-state index in [0.29, 0.717) is 24.5 Å². The van der Waals surface area contributed by atoms with Crippen LogP contribution in [0.3, 0.4) is 0 Å². The highest BCUT2D eigenvalue weighted by Crippen LogP contribution is 2.23. The molecule has 1 aromatic carbocycles. The lowest BCUT2D eigenvalue weighted by atomic mass is 9.92. The lowest BCUT2D eigenvalue weighted by molar-refractivity contribution is -0.117. The van der Waals surface area contributed by atoms with E-state index < -0.39 is 15.9 Å².